The van der Waals surface area contributed by atoms with Gasteiger partial charge in [-0.2, -0.15) is 0 Å². The molecule has 0 N–H and O–H groups in total. The number of morpholine rings is 1. The van der Waals surface area contributed by atoms with Crippen LogP contribution in [0, 0.1) is 0 Å². The van der Waals surface area contributed by atoms with Gasteiger partial charge in [-0.3, -0.25) is 4.79 Å². The first kappa shape index (κ1) is 9.06. The van der Waals surface area contributed by atoms with Crippen molar-refractivity contribution in [2.45, 2.75) is 13.0 Å². The molecule has 74 valence electrons. The monoisotopic (exact) mass is 191 g/mol. The Balaban J connectivity index is 2.15. The third-order valence-electron chi connectivity index (χ3n) is 2.25. The number of hydrogen-bond acceptors (Lipinski definition) is 3. The van der Waals surface area contributed by atoms with Crippen molar-refractivity contribution in [1.82, 2.24) is 0 Å². The summed E-state index contributed by atoms with van der Waals surface area (Å²) in [5.74, 6) is -0.146. The Kier molecular flexibility index (Phi) is 2.39. The van der Waals surface area contributed by atoms with Crippen molar-refractivity contribution in [1.29, 1.82) is 0 Å². The smallest absolute Gasteiger partial charge is 0.325 e. The molecule has 1 fully saturated rings. The molecular formula is C11H13NO2. The first-order valence-electron chi connectivity index (χ1n) is 4.75. The quantitative estimate of drug-likeness (QED) is 0.629. The van der Waals surface area contributed by atoms with E-state index in [1.54, 1.807) is 0 Å². The van der Waals surface area contributed by atoms with Gasteiger partial charge in [0, 0.05) is 5.69 Å². The highest BCUT2D eigenvalue weighted by Gasteiger charge is 2.23. The predicted octanol–water partition coefficient (Wildman–Crippen LogP) is 1.44. The lowest BCUT2D eigenvalue weighted by molar-refractivity contribution is -0.148. The highest BCUT2D eigenvalue weighted by Crippen LogP contribution is 2.17. The first-order valence-corrected chi connectivity index (χ1v) is 4.75. The Labute approximate surface area is 83.3 Å². The number of para-hydroxylation sites is 1. The van der Waals surface area contributed by atoms with Crippen molar-refractivity contribution in [3.63, 3.8) is 0 Å². The van der Waals surface area contributed by atoms with E-state index in [9.17, 15) is 4.79 Å². The third kappa shape index (κ3) is 1.87. The molecular weight excluding hydrogens is 178 g/mol. The molecule has 0 aromatic heterocycles. The van der Waals surface area contributed by atoms with Crippen LogP contribution in [0.3, 0.4) is 0 Å². The lowest BCUT2D eigenvalue weighted by atomic mass is 10.2. The van der Waals surface area contributed by atoms with Gasteiger partial charge in [-0.1, -0.05) is 18.2 Å². The Hall–Kier alpha value is -1.51. The number of carbonyl (C=O) groups excluding carboxylic acids is 1. The van der Waals surface area contributed by atoms with E-state index in [0.29, 0.717) is 6.54 Å². The lowest BCUT2D eigenvalue weighted by Gasteiger charge is -2.31. The summed E-state index contributed by atoms with van der Waals surface area (Å²) in [7, 11) is 0. The number of ether oxygens (including phenoxy) is 1. The van der Waals surface area contributed by atoms with Crippen molar-refractivity contribution >= 4 is 11.7 Å². The zero-order chi connectivity index (χ0) is 9.97. The molecule has 1 aliphatic rings. The van der Waals surface area contributed by atoms with Crippen LogP contribution in [-0.2, 0) is 9.53 Å². The summed E-state index contributed by atoms with van der Waals surface area (Å²) in [6, 6.07) is 9.92. The normalized spacial score (nSPS) is 21.9. The molecule has 0 aliphatic carbocycles. The zero-order valence-corrected chi connectivity index (χ0v) is 8.14. The molecule has 3 heteroatoms. The van der Waals surface area contributed by atoms with E-state index < -0.39 is 0 Å². The van der Waals surface area contributed by atoms with E-state index in [2.05, 4.69) is 0 Å². The first-order chi connectivity index (χ1) is 6.75. The van der Waals surface area contributed by atoms with Gasteiger partial charge in [0.2, 0.25) is 0 Å². The van der Waals surface area contributed by atoms with Crippen molar-refractivity contribution in [3.8, 4) is 0 Å². The number of anilines is 1. The number of carbonyl (C=O) groups is 1. The van der Waals surface area contributed by atoms with Gasteiger partial charge in [0.05, 0.1) is 6.54 Å². The molecule has 0 radical (unpaired) electrons. The fourth-order valence-electron chi connectivity index (χ4n) is 1.67. The fraction of sp³-hybridized carbons (Fsp3) is 0.364. The van der Waals surface area contributed by atoms with Crippen LogP contribution in [0.25, 0.3) is 0 Å². The highest BCUT2D eigenvalue weighted by atomic mass is 16.5. The van der Waals surface area contributed by atoms with Gasteiger partial charge in [0.15, 0.2) is 0 Å². The largest absolute Gasteiger partial charge is 0.459 e. The highest BCUT2D eigenvalue weighted by molar-refractivity contribution is 5.77. The van der Waals surface area contributed by atoms with Crippen LogP contribution in [-0.4, -0.2) is 25.2 Å². The minimum atomic E-state index is -0.146. The molecule has 1 saturated heterocycles. The summed E-state index contributed by atoms with van der Waals surface area (Å²) in [4.78, 5) is 13.2. The topological polar surface area (TPSA) is 29.5 Å². The Morgan fingerprint density at radius 1 is 1.36 bits per heavy atom. The van der Waals surface area contributed by atoms with Crippen LogP contribution in [0.4, 0.5) is 5.69 Å². The minimum absolute atomic E-state index is 0.0172. The standard InChI is InChI=1S/C11H13NO2/c1-9-7-12(8-11(13)14-9)10-5-3-2-4-6-10/h2-6,9H,7-8H2,1H3/t9-/m1/s1. The van der Waals surface area contributed by atoms with Gasteiger partial charge in [0.25, 0.3) is 0 Å². The molecule has 1 aromatic carbocycles. The van der Waals surface area contributed by atoms with Crippen LogP contribution >= 0.6 is 0 Å². The predicted molar refractivity (Wildman–Crippen MR) is 54.2 cm³/mol. The second kappa shape index (κ2) is 3.70. The molecule has 0 amide bonds. The van der Waals surface area contributed by atoms with Crippen molar-refractivity contribution in [2.75, 3.05) is 18.0 Å². The molecule has 0 bridgehead atoms. The van der Waals surface area contributed by atoms with E-state index in [1.165, 1.54) is 0 Å². The molecule has 0 unspecified atom stereocenters. The van der Waals surface area contributed by atoms with Crippen molar-refractivity contribution in [3.05, 3.63) is 30.3 Å². The van der Waals surface area contributed by atoms with Crippen LogP contribution in [0.15, 0.2) is 30.3 Å². The van der Waals surface area contributed by atoms with Crippen LogP contribution in [0.2, 0.25) is 0 Å². The van der Waals surface area contributed by atoms with Gasteiger partial charge >= 0.3 is 5.97 Å². The van der Waals surface area contributed by atoms with Crippen LogP contribution in [0.5, 0.6) is 0 Å². The SMILES string of the molecule is C[C@@H]1CN(c2ccccc2)CC(=O)O1. The number of benzene rings is 1. The van der Waals surface area contributed by atoms with Crippen LogP contribution in [0.1, 0.15) is 6.92 Å². The van der Waals surface area contributed by atoms with Crippen LogP contribution < -0.4 is 4.90 Å². The molecule has 2 rings (SSSR count). The second-order valence-corrected chi connectivity index (χ2v) is 3.52. The molecule has 1 atom stereocenters. The molecule has 1 aliphatic heterocycles. The molecule has 0 spiro atoms. The van der Waals surface area contributed by atoms with E-state index in [0.717, 1.165) is 12.2 Å². The maximum Gasteiger partial charge on any atom is 0.325 e. The lowest BCUT2D eigenvalue weighted by Crippen LogP contribution is -2.44. The van der Waals surface area contributed by atoms with E-state index >= 15 is 0 Å². The number of hydrogen-bond donors (Lipinski definition) is 0. The summed E-state index contributed by atoms with van der Waals surface area (Å²) in [5.41, 5.74) is 1.08. The molecule has 0 saturated carbocycles. The maximum atomic E-state index is 11.2. The Morgan fingerprint density at radius 3 is 2.71 bits per heavy atom. The number of nitrogens with zero attached hydrogens (tertiary/aromatic N) is 1. The van der Waals surface area contributed by atoms with E-state index in [1.807, 2.05) is 42.2 Å². The van der Waals surface area contributed by atoms with E-state index in [4.69, 9.17) is 4.74 Å². The summed E-state index contributed by atoms with van der Waals surface area (Å²) in [5, 5.41) is 0. The van der Waals surface area contributed by atoms with E-state index in [-0.39, 0.29) is 12.1 Å². The molecule has 1 aromatic rings. The zero-order valence-electron chi connectivity index (χ0n) is 8.14. The van der Waals surface area contributed by atoms with Gasteiger partial charge < -0.3 is 9.64 Å². The second-order valence-electron chi connectivity index (χ2n) is 3.52. The third-order valence-corrected chi connectivity index (χ3v) is 2.25. The average Bonchev–Trinajstić information content (AvgIpc) is 2.18. The summed E-state index contributed by atoms with van der Waals surface area (Å²) in [6.45, 7) is 3.04. The Bertz CT molecular complexity index is 323. The number of esters is 1. The van der Waals surface area contributed by atoms with Gasteiger partial charge in [-0.15, -0.1) is 0 Å². The van der Waals surface area contributed by atoms with Gasteiger partial charge in [-0.05, 0) is 19.1 Å². The minimum Gasteiger partial charge on any atom is -0.459 e. The van der Waals surface area contributed by atoms with Gasteiger partial charge in [0.1, 0.15) is 12.6 Å². The average molecular weight is 191 g/mol. The molecule has 1 heterocycles. The number of rotatable bonds is 1. The fourth-order valence-corrected chi connectivity index (χ4v) is 1.67. The van der Waals surface area contributed by atoms with Crippen molar-refractivity contribution < 1.29 is 9.53 Å². The summed E-state index contributed by atoms with van der Waals surface area (Å²) >= 11 is 0. The molecule has 14 heavy (non-hydrogen) atoms. The Morgan fingerprint density at radius 2 is 2.07 bits per heavy atom. The molecule has 3 nitrogen and oxygen atoms in total. The summed E-state index contributed by atoms with van der Waals surface area (Å²) < 4.78 is 5.06. The van der Waals surface area contributed by atoms with Crippen molar-refractivity contribution in [2.24, 2.45) is 0 Å². The number of cyclic esters (lactones) is 1. The summed E-state index contributed by atoms with van der Waals surface area (Å²) in [6.07, 6.45) is -0.0172. The van der Waals surface area contributed by atoms with Gasteiger partial charge in [-0.25, -0.2) is 0 Å². The maximum absolute atomic E-state index is 11.2.